The molecule has 0 bridgehead atoms. The summed E-state index contributed by atoms with van der Waals surface area (Å²) in [6.45, 7) is 0. The molecule has 0 atom stereocenters. The van der Waals surface area contributed by atoms with E-state index in [1.165, 1.54) is 0 Å². The Morgan fingerprint density at radius 3 is 2.60 bits per heavy atom. The Balaban J connectivity index is 2.54. The summed E-state index contributed by atoms with van der Waals surface area (Å²) in [6, 6.07) is 9.04. The number of halogens is 2. The number of pyridine rings is 1. The van der Waals surface area contributed by atoms with Gasteiger partial charge in [-0.3, -0.25) is 4.98 Å². The van der Waals surface area contributed by atoms with Crippen LogP contribution in [0.5, 0.6) is 0 Å². The first-order valence-electron chi connectivity index (χ1n) is 4.34. The lowest BCUT2D eigenvalue weighted by molar-refractivity contribution is 1.33. The standard InChI is InChI=1S/C11H8Cl2N2/c12-8-3-1-2-7(4-8)11-10(13)5-9(14)6-15-11/h1-6H,14H2. The third kappa shape index (κ3) is 2.22. The number of hydrogen-bond acceptors (Lipinski definition) is 2. The monoisotopic (exact) mass is 238 g/mol. The first-order valence-corrected chi connectivity index (χ1v) is 5.09. The van der Waals surface area contributed by atoms with E-state index in [-0.39, 0.29) is 0 Å². The van der Waals surface area contributed by atoms with Crippen molar-refractivity contribution in [3.63, 3.8) is 0 Å². The van der Waals surface area contributed by atoms with Gasteiger partial charge in [-0.2, -0.15) is 0 Å². The number of nitrogen functional groups attached to an aromatic ring is 1. The summed E-state index contributed by atoms with van der Waals surface area (Å²) in [5.74, 6) is 0. The van der Waals surface area contributed by atoms with Gasteiger partial charge in [0.1, 0.15) is 0 Å². The molecule has 2 aromatic rings. The van der Waals surface area contributed by atoms with Crippen LogP contribution in [0.2, 0.25) is 10.0 Å². The molecule has 1 aromatic carbocycles. The molecule has 4 heteroatoms. The quantitative estimate of drug-likeness (QED) is 0.825. The predicted molar refractivity (Wildman–Crippen MR) is 64.1 cm³/mol. The summed E-state index contributed by atoms with van der Waals surface area (Å²) < 4.78 is 0. The second kappa shape index (κ2) is 4.09. The number of benzene rings is 1. The number of rotatable bonds is 1. The second-order valence-electron chi connectivity index (χ2n) is 3.11. The van der Waals surface area contributed by atoms with Gasteiger partial charge in [-0.15, -0.1) is 0 Å². The Bertz CT molecular complexity index is 498. The summed E-state index contributed by atoms with van der Waals surface area (Å²) in [6.07, 6.45) is 1.57. The van der Waals surface area contributed by atoms with Crippen LogP contribution in [-0.2, 0) is 0 Å². The van der Waals surface area contributed by atoms with Crippen LogP contribution in [0.3, 0.4) is 0 Å². The Morgan fingerprint density at radius 1 is 1.13 bits per heavy atom. The van der Waals surface area contributed by atoms with E-state index in [1.54, 1.807) is 18.3 Å². The van der Waals surface area contributed by atoms with E-state index in [9.17, 15) is 0 Å². The highest BCUT2D eigenvalue weighted by Gasteiger charge is 2.05. The normalized spacial score (nSPS) is 10.3. The molecule has 15 heavy (non-hydrogen) atoms. The average molecular weight is 239 g/mol. The molecule has 2 nitrogen and oxygen atoms in total. The van der Waals surface area contributed by atoms with Crippen molar-refractivity contribution in [2.45, 2.75) is 0 Å². The highest BCUT2D eigenvalue weighted by molar-refractivity contribution is 6.33. The lowest BCUT2D eigenvalue weighted by Gasteiger charge is -2.04. The smallest absolute Gasteiger partial charge is 0.0890 e. The minimum atomic E-state index is 0.525. The molecule has 0 aliphatic carbocycles. The van der Waals surface area contributed by atoms with E-state index in [2.05, 4.69) is 4.98 Å². The lowest BCUT2D eigenvalue weighted by atomic mass is 10.1. The first kappa shape index (κ1) is 10.3. The molecule has 0 fully saturated rings. The van der Waals surface area contributed by atoms with E-state index in [0.29, 0.717) is 21.4 Å². The van der Waals surface area contributed by atoms with Crippen LogP contribution < -0.4 is 5.73 Å². The zero-order chi connectivity index (χ0) is 10.8. The Hall–Kier alpha value is -1.25. The molecule has 0 saturated heterocycles. The van der Waals surface area contributed by atoms with Crippen LogP contribution in [0, 0.1) is 0 Å². The van der Waals surface area contributed by atoms with Crippen molar-refractivity contribution < 1.29 is 0 Å². The van der Waals surface area contributed by atoms with Crippen molar-refractivity contribution in [3.8, 4) is 11.3 Å². The summed E-state index contributed by atoms with van der Waals surface area (Å²) in [5.41, 5.74) is 7.68. The summed E-state index contributed by atoms with van der Waals surface area (Å²) in [4.78, 5) is 4.17. The van der Waals surface area contributed by atoms with Gasteiger partial charge in [0, 0.05) is 10.6 Å². The van der Waals surface area contributed by atoms with E-state index >= 15 is 0 Å². The van der Waals surface area contributed by atoms with Crippen LogP contribution in [-0.4, -0.2) is 4.98 Å². The van der Waals surface area contributed by atoms with Gasteiger partial charge < -0.3 is 5.73 Å². The fraction of sp³-hybridized carbons (Fsp3) is 0. The molecule has 0 unspecified atom stereocenters. The molecule has 0 amide bonds. The number of anilines is 1. The highest BCUT2D eigenvalue weighted by atomic mass is 35.5. The molecular formula is C11H8Cl2N2. The Labute approximate surface area is 97.7 Å². The van der Waals surface area contributed by atoms with E-state index < -0.39 is 0 Å². The van der Waals surface area contributed by atoms with Crippen molar-refractivity contribution in [2.75, 3.05) is 5.73 Å². The fourth-order valence-corrected chi connectivity index (χ4v) is 1.78. The molecule has 0 spiro atoms. The number of nitrogens with zero attached hydrogens (tertiary/aromatic N) is 1. The van der Waals surface area contributed by atoms with Gasteiger partial charge in [-0.25, -0.2) is 0 Å². The van der Waals surface area contributed by atoms with Crippen LogP contribution in [0.4, 0.5) is 5.69 Å². The third-order valence-corrected chi connectivity index (χ3v) is 2.48. The molecule has 1 heterocycles. The largest absolute Gasteiger partial charge is 0.397 e. The van der Waals surface area contributed by atoms with Crippen molar-refractivity contribution in [1.29, 1.82) is 0 Å². The maximum atomic E-state index is 6.03. The summed E-state index contributed by atoms with van der Waals surface area (Å²) >= 11 is 11.9. The highest BCUT2D eigenvalue weighted by Crippen LogP contribution is 2.28. The van der Waals surface area contributed by atoms with E-state index in [1.807, 2.05) is 18.2 Å². The zero-order valence-corrected chi connectivity index (χ0v) is 9.26. The van der Waals surface area contributed by atoms with E-state index in [0.717, 1.165) is 5.56 Å². The molecule has 76 valence electrons. The molecule has 1 aromatic heterocycles. The molecular weight excluding hydrogens is 231 g/mol. The van der Waals surface area contributed by atoms with Crippen molar-refractivity contribution >= 4 is 28.9 Å². The summed E-state index contributed by atoms with van der Waals surface area (Å²) in [7, 11) is 0. The van der Waals surface area contributed by atoms with Crippen molar-refractivity contribution in [1.82, 2.24) is 4.98 Å². The third-order valence-electron chi connectivity index (χ3n) is 1.96. The predicted octanol–water partition coefficient (Wildman–Crippen LogP) is 3.64. The maximum absolute atomic E-state index is 6.03. The average Bonchev–Trinajstić information content (AvgIpc) is 2.17. The van der Waals surface area contributed by atoms with Gasteiger partial charge in [0.25, 0.3) is 0 Å². The topological polar surface area (TPSA) is 38.9 Å². The Morgan fingerprint density at radius 2 is 1.93 bits per heavy atom. The second-order valence-corrected chi connectivity index (χ2v) is 3.95. The van der Waals surface area contributed by atoms with Crippen LogP contribution in [0.15, 0.2) is 36.5 Å². The van der Waals surface area contributed by atoms with Crippen molar-refractivity contribution in [2.24, 2.45) is 0 Å². The van der Waals surface area contributed by atoms with Gasteiger partial charge in [0.15, 0.2) is 0 Å². The van der Waals surface area contributed by atoms with Gasteiger partial charge in [0.05, 0.1) is 22.6 Å². The summed E-state index contributed by atoms with van der Waals surface area (Å²) in [5, 5.41) is 1.18. The van der Waals surface area contributed by atoms with Crippen molar-refractivity contribution in [3.05, 3.63) is 46.6 Å². The van der Waals surface area contributed by atoms with Gasteiger partial charge in [-0.05, 0) is 18.2 Å². The van der Waals surface area contributed by atoms with Crippen LogP contribution in [0.1, 0.15) is 0 Å². The van der Waals surface area contributed by atoms with Gasteiger partial charge in [0.2, 0.25) is 0 Å². The Kier molecular flexibility index (Phi) is 2.80. The first-order chi connectivity index (χ1) is 7.16. The molecule has 0 aliphatic heterocycles. The van der Waals surface area contributed by atoms with Crippen LogP contribution >= 0.6 is 23.2 Å². The molecule has 2 rings (SSSR count). The zero-order valence-electron chi connectivity index (χ0n) is 7.74. The van der Waals surface area contributed by atoms with Crippen LogP contribution in [0.25, 0.3) is 11.3 Å². The maximum Gasteiger partial charge on any atom is 0.0890 e. The number of aromatic nitrogens is 1. The molecule has 0 saturated carbocycles. The minimum Gasteiger partial charge on any atom is -0.397 e. The molecule has 0 aliphatic rings. The molecule has 2 N–H and O–H groups in total. The lowest BCUT2D eigenvalue weighted by Crippen LogP contribution is -1.90. The fourth-order valence-electron chi connectivity index (χ4n) is 1.30. The number of hydrogen-bond donors (Lipinski definition) is 1. The SMILES string of the molecule is Nc1cnc(-c2cccc(Cl)c2)c(Cl)c1. The van der Waals surface area contributed by atoms with E-state index in [4.69, 9.17) is 28.9 Å². The van der Waals surface area contributed by atoms with Gasteiger partial charge in [-0.1, -0.05) is 35.3 Å². The van der Waals surface area contributed by atoms with Gasteiger partial charge >= 0.3 is 0 Å². The minimum absolute atomic E-state index is 0.525. The molecule has 0 radical (unpaired) electrons. The number of nitrogens with two attached hydrogens (primary N) is 1.